The third kappa shape index (κ3) is 4.74. The van der Waals surface area contributed by atoms with Gasteiger partial charge in [-0.1, -0.05) is 43.8 Å². The van der Waals surface area contributed by atoms with Gasteiger partial charge in [-0.2, -0.15) is 0 Å². The average molecular weight is 501 g/mol. The first kappa shape index (κ1) is 23.1. The maximum absolute atomic E-state index is 9.95. The molecule has 0 radical (unpaired) electrons. The van der Waals surface area contributed by atoms with Crippen molar-refractivity contribution in [3.05, 3.63) is 112 Å². The van der Waals surface area contributed by atoms with E-state index in [4.69, 9.17) is 9.98 Å². The molecule has 4 aliphatic rings. The standard InChI is InChI=1S/C31H28N4OSi/c1-37(2,3)17-15-28-29-13-10-25(34-29)19-23-7-6-22(32-23)18-24-8-9-26(33-24)20-31(16-14-30(28)35-31)21-4-11-27(36)12-5-21/h4-14,18-20,32,35-36H,16H2,1-3H3/b22-18-,23-19-,26-20-,29-28-. The van der Waals surface area contributed by atoms with Crippen molar-refractivity contribution < 1.29 is 5.11 Å². The Morgan fingerprint density at radius 1 is 0.892 bits per heavy atom. The van der Waals surface area contributed by atoms with Gasteiger partial charge in [0, 0.05) is 16.4 Å². The molecule has 5 nitrogen and oxygen atoms in total. The van der Waals surface area contributed by atoms with Crippen molar-refractivity contribution in [2.24, 2.45) is 9.98 Å². The number of phenolic OH excluding ortho intramolecular Hbond substituents is 1. The quantitative estimate of drug-likeness (QED) is 0.407. The molecular formula is C31H28N4OSi. The second-order valence-corrected chi connectivity index (χ2v) is 15.4. The SMILES string of the molecule is C[Si](C)(C)C#C/C1=C2\C=CC(=N2)/C=c2/cc/c([nH]2)=C/C2=NC(=C\C3(c4ccc(O)cc4)CC=C1N3)/C=C2. The zero-order valence-corrected chi connectivity index (χ0v) is 22.1. The van der Waals surface area contributed by atoms with E-state index in [2.05, 4.69) is 65.7 Å². The molecule has 1 atom stereocenters. The van der Waals surface area contributed by atoms with Gasteiger partial charge in [0.2, 0.25) is 0 Å². The minimum absolute atomic E-state index is 0.242. The van der Waals surface area contributed by atoms with Gasteiger partial charge >= 0.3 is 0 Å². The number of allylic oxidation sites excluding steroid dienone is 5. The molecule has 0 fully saturated rings. The van der Waals surface area contributed by atoms with Crippen molar-refractivity contribution in [1.82, 2.24) is 10.3 Å². The Balaban J connectivity index is 1.57. The monoisotopic (exact) mass is 500 g/mol. The molecular weight excluding hydrogens is 472 g/mol. The number of hydrogen-bond acceptors (Lipinski definition) is 4. The number of benzene rings is 1. The first-order chi connectivity index (χ1) is 17.7. The van der Waals surface area contributed by atoms with Gasteiger partial charge in [-0.15, -0.1) is 5.54 Å². The van der Waals surface area contributed by atoms with Gasteiger partial charge in [0.05, 0.1) is 33.9 Å². The van der Waals surface area contributed by atoms with Crippen LogP contribution in [0.25, 0.3) is 12.2 Å². The number of aliphatic imine (C=N–C) groups is 2. The molecule has 5 heterocycles. The van der Waals surface area contributed by atoms with Crippen molar-refractivity contribution in [2.75, 3.05) is 0 Å². The Labute approximate surface area is 217 Å². The van der Waals surface area contributed by atoms with Crippen molar-refractivity contribution in [3.8, 4) is 17.2 Å². The topological polar surface area (TPSA) is 72.8 Å². The van der Waals surface area contributed by atoms with Gasteiger partial charge in [-0.05, 0) is 78.8 Å². The highest BCUT2D eigenvalue weighted by Gasteiger charge is 2.36. The summed E-state index contributed by atoms with van der Waals surface area (Å²) < 4.78 is 0. The molecule has 6 rings (SSSR count). The first-order valence-electron chi connectivity index (χ1n) is 12.5. The first-order valence-corrected chi connectivity index (χ1v) is 16.0. The average Bonchev–Trinajstić information content (AvgIpc) is 3.64. The summed E-state index contributed by atoms with van der Waals surface area (Å²) in [6.07, 6.45) is 17.3. The highest BCUT2D eigenvalue weighted by Crippen LogP contribution is 2.38. The summed E-state index contributed by atoms with van der Waals surface area (Å²) in [5, 5.41) is 15.7. The fourth-order valence-electron chi connectivity index (χ4n) is 4.74. The van der Waals surface area contributed by atoms with E-state index in [9.17, 15) is 5.11 Å². The molecule has 2 aromatic rings. The van der Waals surface area contributed by atoms with Gasteiger partial charge < -0.3 is 15.4 Å². The van der Waals surface area contributed by atoms with Crippen molar-refractivity contribution in [3.63, 3.8) is 0 Å². The zero-order valence-electron chi connectivity index (χ0n) is 21.1. The van der Waals surface area contributed by atoms with E-state index >= 15 is 0 Å². The highest BCUT2D eigenvalue weighted by atomic mass is 28.3. The van der Waals surface area contributed by atoms with Crippen LogP contribution in [0.15, 0.2) is 106 Å². The molecule has 0 saturated carbocycles. The van der Waals surface area contributed by atoms with Crippen LogP contribution in [-0.4, -0.2) is 29.6 Å². The number of nitrogens with one attached hydrogen (secondary N) is 2. The molecule has 0 aliphatic carbocycles. The lowest BCUT2D eigenvalue weighted by molar-refractivity contribution is 0.471. The molecule has 1 aromatic heterocycles. The molecule has 6 heteroatoms. The Kier molecular flexibility index (Phi) is 5.39. The van der Waals surface area contributed by atoms with E-state index in [0.29, 0.717) is 0 Å². The van der Waals surface area contributed by atoms with E-state index in [1.807, 2.05) is 48.6 Å². The summed E-state index contributed by atoms with van der Waals surface area (Å²) in [6, 6.07) is 11.5. The predicted octanol–water partition coefficient (Wildman–Crippen LogP) is 4.11. The van der Waals surface area contributed by atoms with E-state index in [1.165, 1.54) is 0 Å². The van der Waals surface area contributed by atoms with Crippen molar-refractivity contribution in [1.29, 1.82) is 0 Å². The molecule has 37 heavy (non-hydrogen) atoms. The van der Waals surface area contributed by atoms with Crippen LogP contribution in [0, 0.1) is 11.5 Å². The lowest BCUT2D eigenvalue weighted by Crippen LogP contribution is -2.36. The van der Waals surface area contributed by atoms with Gasteiger partial charge in [-0.3, -0.25) is 0 Å². The fourth-order valence-corrected chi connectivity index (χ4v) is 5.24. The Morgan fingerprint density at radius 3 is 2.32 bits per heavy atom. The van der Waals surface area contributed by atoms with Crippen LogP contribution in [0.3, 0.4) is 0 Å². The van der Waals surface area contributed by atoms with Gasteiger partial charge in [-0.25, -0.2) is 9.98 Å². The normalized spacial score (nSPS) is 26.9. The van der Waals surface area contributed by atoms with Crippen LogP contribution in [0.2, 0.25) is 19.6 Å². The Bertz CT molecular complexity index is 1710. The summed E-state index contributed by atoms with van der Waals surface area (Å²) in [6.45, 7) is 6.74. The number of fused-ring (bicyclic) bond motifs is 6. The molecule has 3 N–H and O–H groups in total. The molecule has 1 unspecified atom stereocenters. The number of nitrogens with zero attached hydrogens (tertiary/aromatic N) is 2. The van der Waals surface area contributed by atoms with Crippen LogP contribution in [0.1, 0.15) is 12.0 Å². The molecule has 182 valence electrons. The highest BCUT2D eigenvalue weighted by molar-refractivity contribution is 6.83. The predicted molar refractivity (Wildman–Crippen MR) is 154 cm³/mol. The number of hydrogen-bond donors (Lipinski definition) is 3. The van der Waals surface area contributed by atoms with Crippen molar-refractivity contribution in [2.45, 2.75) is 31.6 Å². The molecule has 8 bridgehead atoms. The van der Waals surface area contributed by atoms with Crippen LogP contribution < -0.4 is 16.0 Å². The molecule has 0 saturated heterocycles. The van der Waals surface area contributed by atoms with Crippen LogP contribution >= 0.6 is 0 Å². The summed E-state index contributed by atoms with van der Waals surface area (Å²) >= 11 is 0. The minimum atomic E-state index is -1.63. The van der Waals surface area contributed by atoms with Gasteiger partial charge in [0.1, 0.15) is 13.8 Å². The molecule has 0 amide bonds. The summed E-state index contributed by atoms with van der Waals surface area (Å²) in [7, 11) is -1.63. The maximum atomic E-state index is 9.95. The molecule has 0 spiro atoms. The van der Waals surface area contributed by atoms with Crippen LogP contribution in [-0.2, 0) is 5.54 Å². The number of rotatable bonds is 1. The third-order valence-electron chi connectivity index (χ3n) is 6.53. The molecule has 1 aromatic carbocycles. The summed E-state index contributed by atoms with van der Waals surface area (Å²) in [4.78, 5) is 13.3. The second-order valence-electron chi connectivity index (χ2n) is 10.7. The zero-order chi connectivity index (χ0) is 25.6. The lowest BCUT2D eigenvalue weighted by Gasteiger charge is -2.29. The lowest BCUT2D eigenvalue weighted by atomic mass is 9.87. The van der Waals surface area contributed by atoms with Gasteiger partial charge in [0.15, 0.2) is 0 Å². The number of phenols is 1. The number of aromatic hydroxyl groups is 1. The second kappa shape index (κ2) is 8.65. The smallest absolute Gasteiger partial charge is 0.129 e. The summed E-state index contributed by atoms with van der Waals surface area (Å²) in [5.41, 5.74) is 9.43. The maximum Gasteiger partial charge on any atom is 0.129 e. The minimum Gasteiger partial charge on any atom is -0.508 e. The van der Waals surface area contributed by atoms with E-state index < -0.39 is 13.6 Å². The van der Waals surface area contributed by atoms with E-state index in [0.717, 1.165) is 56.8 Å². The number of aromatic amines is 1. The number of aromatic nitrogens is 1. The van der Waals surface area contributed by atoms with Crippen molar-refractivity contribution >= 4 is 31.6 Å². The molecule has 4 aliphatic heterocycles. The summed E-state index contributed by atoms with van der Waals surface area (Å²) in [5.74, 6) is 3.75. The Morgan fingerprint density at radius 2 is 1.59 bits per heavy atom. The van der Waals surface area contributed by atoms with E-state index in [-0.39, 0.29) is 5.75 Å². The van der Waals surface area contributed by atoms with Gasteiger partial charge in [0.25, 0.3) is 0 Å². The third-order valence-corrected chi connectivity index (χ3v) is 7.41. The van der Waals surface area contributed by atoms with Crippen LogP contribution in [0.5, 0.6) is 5.75 Å². The van der Waals surface area contributed by atoms with Crippen LogP contribution in [0.4, 0.5) is 0 Å². The Hall–Kier alpha value is -4.34. The largest absolute Gasteiger partial charge is 0.508 e. The van der Waals surface area contributed by atoms with E-state index in [1.54, 1.807) is 12.1 Å². The fraction of sp³-hybridized carbons (Fsp3) is 0.161. The number of H-pyrrole nitrogens is 1.